The van der Waals surface area contributed by atoms with Crippen molar-refractivity contribution < 1.29 is 0 Å². The van der Waals surface area contributed by atoms with E-state index in [9.17, 15) is 0 Å². The van der Waals surface area contributed by atoms with E-state index in [1.807, 2.05) is 6.33 Å². The summed E-state index contributed by atoms with van der Waals surface area (Å²) < 4.78 is 2.29. The van der Waals surface area contributed by atoms with Gasteiger partial charge in [-0.1, -0.05) is 0 Å². The van der Waals surface area contributed by atoms with Gasteiger partial charge >= 0.3 is 0 Å². The summed E-state index contributed by atoms with van der Waals surface area (Å²) >= 11 is 0. The van der Waals surface area contributed by atoms with Crippen molar-refractivity contribution in [3.63, 3.8) is 0 Å². The topological polar surface area (TPSA) is 29.9 Å². The minimum absolute atomic E-state index is 0.587. The maximum Gasteiger partial charge on any atom is 0.0958 e. The number of nitrogens with zero attached hydrogens (tertiary/aromatic N) is 2. The molecule has 0 bridgehead atoms. The number of benzene rings is 1. The van der Waals surface area contributed by atoms with Crippen LogP contribution >= 0.6 is 0 Å². The van der Waals surface area contributed by atoms with E-state index in [4.69, 9.17) is 0 Å². The SMILES string of the molecule is CNC(Cn1cnc2cc(C)c(C)cc21)C1CC1. The van der Waals surface area contributed by atoms with Crippen molar-refractivity contribution in [3.8, 4) is 0 Å². The molecule has 1 saturated carbocycles. The van der Waals surface area contributed by atoms with Crippen LogP contribution in [0.2, 0.25) is 0 Å². The van der Waals surface area contributed by atoms with Gasteiger partial charge in [-0.25, -0.2) is 4.98 Å². The second kappa shape index (κ2) is 4.39. The van der Waals surface area contributed by atoms with Gasteiger partial charge in [0.2, 0.25) is 0 Å². The van der Waals surface area contributed by atoms with Crippen molar-refractivity contribution >= 4 is 11.0 Å². The van der Waals surface area contributed by atoms with Gasteiger partial charge in [0.05, 0.1) is 17.4 Å². The highest BCUT2D eigenvalue weighted by molar-refractivity contribution is 5.77. The molecule has 1 aromatic heterocycles. The van der Waals surface area contributed by atoms with Crippen molar-refractivity contribution in [1.82, 2.24) is 14.9 Å². The molecule has 1 atom stereocenters. The van der Waals surface area contributed by atoms with Gasteiger partial charge in [0, 0.05) is 12.6 Å². The molecule has 3 heteroatoms. The predicted molar refractivity (Wildman–Crippen MR) is 74.8 cm³/mol. The number of hydrogen-bond acceptors (Lipinski definition) is 2. The molecule has 2 aromatic rings. The van der Waals surface area contributed by atoms with Gasteiger partial charge < -0.3 is 9.88 Å². The first-order valence-electron chi connectivity index (χ1n) is 6.78. The summed E-state index contributed by atoms with van der Waals surface area (Å²) in [5.41, 5.74) is 5.04. The average Bonchev–Trinajstić information content (AvgIpc) is 3.13. The molecule has 96 valence electrons. The Morgan fingerprint density at radius 2 is 2.06 bits per heavy atom. The largest absolute Gasteiger partial charge is 0.329 e. The third kappa shape index (κ3) is 2.03. The Morgan fingerprint density at radius 3 is 2.72 bits per heavy atom. The van der Waals surface area contributed by atoms with Crippen LogP contribution in [0.15, 0.2) is 18.5 Å². The molecule has 0 radical (unpaired) electrons. The highest BCUT2D eigenvalue weighted by Crippen LogP contribution is 2.33. The Labute approximate surface area is 108 Å². The zero-order valence-electron chi connectivity index (χ0n) is 11.4. The molecule has 1 unspecified atom stereocenters. The lowest BCUT2D eigenvalue weighted by molar-refractivity contribution is 0.441. The van der Waals surface area contributed by atoms with Gasteiger partial charge in [-0.2, -0.15) is 0 Å². The zero-order chi connectivity index (χ0) is 12.7. The van der Waals surface area contributed by atoms with Gasteiger partial charge in [0.25, 0.3) is 0 Å². The fourth-order valence-corrected chi connectivity index (χ4v) is 2.65. The molecule has 0 saturated heterocycles. The zero-order valence-corrected chi connectivity index (χ0v) is 11.4. The molecule has 0 aliphatic heterocycles. The minimum atomic E-state index is 0.587. The molecule has 0 amide bonds. The molecule has 3 nitrogen and oxygen atoms in total. The van der Waals surface area contributed by atoms with Gasteiger partial charge in [-0.3, -0.25) is 0 Å². The quantitative estimate of drug-likeness (QED) is 0.894. The molecule has 1 aliphatic rings. The van der Waals surface area contributed by atoms with E-state index < -0.39 is 0 Å². The molecular formula is C15H21N3. The van der Waals surface area contributed by atoms with Crippen molar-refractivity contribution in [2.24, 2.45) is 5.92 Å². The van der Waals surface area contributed by atoms with Crippen LogP contribution in [0, 0.1) is 19.8 Å². The second-order valence-electron chi connectivity index (χ2n) is 5.55. The van der Waals surface area contributed by atoms with E-state index >= 15 is 0 Å². The summed E-state index contributed by atoms with van der Waals surface area (Å²) in [5.74, 6) is 0.860. The molecule has 1 aromatic carbocycles. The molecule has 18 heavy (non-hydrogen) atoms. The van der Waals surface area contributed by atoms with Gasteiger partial charge in [0.1, 0.15) is 0 Å². The summed E-state index contributed by atoms with van der Waals surface area (Å²) in [4.78, 5) is 4.52. The maximum absolute atomic E-state index is 4.52. The average molecular weight is 243 g/mol. The van der Waals surface area contributed by atoms with E-state index in [0.717, 1.165) is 18.0 Å². The van der Waals surface area contributed by atoms with Crippen LogP contribution in [0.5, 0.6) is 0 Å². The highest BCUT2D eigenvalue weighted by Gasteiger charge is 2.30. The lowest BCUT2D eigenvalue weighted by Gasteiger charge is -2.16. The number of rotatable bonds is 4. The van der Waals surface area contributed by atoms with E-state index in [-0.39, 0.29) is 0 Å². The molecule has 1 aliphatic carbocycles. The normalized spacial score (nSPS) is 17.3. The lowest BCUT2D eigenvalue weighted by Crippen LogP contribution is -2.31. The molecule has 1 fully saturated rings. The first-order valence-corrected chi connectivity index (χ1v) is 6.78. The molecule has 3 rings (SSSR count). The smallest absolute Gasteiger partial charge is 0.0958 e. The predicted octanol–water partition coefficient (Wildman–Crippen LogP) is 2.65. The Hall–Kier alpha value is -1.35. The third-order valence-corrected chi connectivity index (χ3v) is 4.19. The summed E-state index contributed by atoms with van der Waals surface area (Å²) in [5, 5.41) is 3.44. The standard InChI is InChI=1S/C15H21N3/c1-10-6-13-15(7-11(10)2)18(9-17-13)8-14(16-3)12-4-5-12/h6-7,9,12,14,16H,4-5,8H2,1-3H3. The molecule has 1 N–H and O–H groups in total. The van der Waals surface area contributed by atoms with Crippen LogP contribution in [-0.4, -0.2) is 22.6 Å². The summed E-state index contributed by atoms with van der Waals surface area (Å²) in [6.07, 6.45) is 4.73. The van der Waals surface area contributed by atoms with Crippen LogP contribution < -0.4 is 5.32 Å². The number of imidazole rings is 1. The monoisotopic (exact) mass is 243 g/mol. The van der Waals surface area contributed by atoms with Crippen molar-refractivity contribution in [2.45, 2.75) is 39.3 Å². The number of aromatic nitrogens is 2. The Morgan fingerprint density at radius 1 is 1.33 bits per heavy atom. The lowest BCUT2D eigenvalue weighted by atomic mass is 10.1. The fourth-order valence-electron chi connectivity index (χ4n) is 2.65. The molecule has 0 spiro atoms. The minimum Gasteiger partial charge on any atom is -0.329 e. The Kier molecular flexibility index (Phi) is 2.86. The van der Waals surface area contributed by atoms with Crippen molar-refractivity contribution in [2.75, 3.05) is 7.05 Å². The third-order valence-electron chi connectivity index (χ3n) is 4.19. The van der Waals surface area contributed by atoms with Crippen LogP contribution in [0.1, 0.15) is 24.0 Å². The molecule has 1 heterocycles. The maximum atomic E-state index is 4.52. The van der Waals surface area contributed by atoms with Crippen molar-refractivity contribution in [1.29, 1.82) is 0 Å². The fraction of sp³-hybridized carbons (Fsp3) is 0.533. The number of hydrogen-bond donors (Lipinski definition) is 1. The summed E-state index contributed by atoms with van der Waals surface area (Å²) in [6.45, 7) is 5.34. The van der Waals surface area contributed by atoms with Crippen molar-refractivity contribution in [3.05, 3.63) is 29.6 Å². The van der Waals surface area contributed by atoms with Crippen LogP contribution in [0.3, 0.4) is 0 Å². The van der Waals surface area contributed by atoms with Crippen LogP contribution in [0.25, 0.3) is 11.0 Å². The number of nitrogens with one attached hydrogen (secondary N) is 1. The van der Waals surface area contributed by atoms with E-state index in [0.29, 0.717) is 6.04 Å². The summed E-state index contributed by atoms with van der Waals surface area (Å²) in [7, 11) is 2.07. The highest BCUT2D eigenvalue weighted by atomic mass is 15.1. The van der Waals surface area contributed by atoms with Gasteiger partial charge in [-0.15, -0.1) is 0 Å². The van der Waals surface area contributed by atoms with Gasteiger partial charge in [-0.05, 0) is 62.9 Å². The summed E-state index contributed by atoms with van der Waals surface area (Å²) in [6, 6.07) is 5.04. The molecular weight excluding hydrogens is 222 g/mol. The van der Waals surface area contributed by atoms with Crippen LogP contribution in [0.4, 0.5) is 0 Å². The van der Waals surface area contributed by atoms with Gasteiger partial charge in [0.15, 0.2) is 0 Å². The number of fused-ring (bicyclic) bond motifs is 1. The number of aryl methyl sites for hydroxylation is 2. The Balaban J connectivity index is 1.94. The Bertz CT molecular complexity index is 566. The first kappa shape index (κ1) is 11.7. The van der Waals surface area contributed by atoms with Crippen LogP contribution in [-0.2, 0) is 6.54 Å². The van der Waals surface area contributed by atoms with E-state index in [1.54, 1.807) is 0 Å². The van der Waals surface area contributed by atoms with E-state index in [2.05, 4.69) is 47.9 Å². The second-order valence-corrected chi connectivity index (χ2v) is 5.55. The first-order chi connectivity index (χ1) is 8.69. The van der Waals surface area contributed by atoms with E-state index in [1.165, 1.54) is 29.5 Å². The number of likely N-dealkylation sites (N-methyl/N-ethyl adjacent to an activating group) is 1.